The number of hydrogen-bond donors (Lipinski definition) is 1. The van der Waals surface area contributed by atoms with Gasteiger partial charge in [-0.25, -0.2) is 4.39 Å². The van der Waals surface area contributed by atoms with Gasteiger partial charge in [-0.3, -0.25) is 0 Å². The minimum atomic E-state index is -0.180. The van der Waals surface area contributed by atoms with Crippen LogP contribution in [0.15, 0.2) is 48.5 Å². The molecular formula is C16H19FNP. The maximum atomic E-state index is 13.2. The molecule has 2 aromatic rings. The summed E-state index contributed by atoms with van der Waals surface area (Å²) in [5.41, 5.74) is 8.13. The zero-order valence-corrected chi connectivity index (χ0v) is 12.0. The fourth-order valence-corrected chi connectivity index (χ4v) is 2.61. The Hall–Kier alpha value is -1.24. The topological polar surface area (TPSA) is 26.0 Å². The fourth-order valence-electron chi connectivity index (χ4n) is 2.29. The fraction of sp³-hybridized carbons (Fsp3) is 0.250. The normalized spacial score (nSPS) is 12.4. The van der Waals surface area contributed by atoms with Gasteiger partial charge in [0.25, 0.3) is 0 Å². The highest BCUT2D eigenvalue weighted by atomic mass is 31.0. The molecule has 0 amide bonds. The van der Waals surface area contributed by atoms with Crippen LogP contribution in [0.2, 0.25) is 0 Å². The molecule has 1 nitrogen and oxygen atoms in total. The lowest BCUT2D eigenvalue weighted by atomic mass is 9.92. The molecule has 0 aliphatic heterocycles. The van der Waals surface area contributed by atoms with Crippen LogP contribution >= 0.6 is 9.24 Å². The van der Waals surface area contributed by atoms with Crippen LogP contribution in [0.4, 0.5) is 4.39 Å². The van der Waals surface area contributed by atoms with Gasteiger partial charge in [-0.15, -0.1) is 9.24 Å². The third kappa shape index (κ3) is 4.41. The Balaban J connectivity index is 2.04. The summed E-state index contributed by atoms with van der Waals surface area (Å²) in [5, 5.41) is 1.18. The Kier molecular flexibility index (Phi) is 5.07. The summed E-state index contributed by atoms with van der Waals surface area (Å²) in [7, 11) is 2.70. The van der Waals surface area contributed by atoms with Crippen LogP contribution in [-0.4, -0.2) is 6.54 Å². The van der Waals surface area contributed by atoms with Crippen LogP contribution in [0.1, 0.15) is 11.1 Å². The van der Waals surface area contributed by atoms with Crippen LogP contribution in [0.25, 0.3) is 0 Å². The molecule has 0 bridgehead atoms. The highest BCUT2D eigenvalue weighted by Gasteiger charge is 2.09. The van der Waals surface area contributed by atoms with E-state index in [0.29, 0.717) is 12.5 Å². The molecule has 100 valence electrons. The van der Waals surface area contributed by atoms with E-state index in [-0.39, 0.29) is 5.82 Å². The molecule has 0 heterocycles. The number of halogens is 1. The van der Waals surface area contributed by atoms with Gasteiger partial charge in [-0.2, -0.15) is 0 Å². The van der Waals surface area contributed by atoms with Crippen LogP contribution in [-0.2, 0) is 12.8 Å². The summed E-state index contributed by atoms with van der Waals surface area (Å²) in [6.45, 7) is 0.609. The second-order valence-electron chi connectivity index (χ2n) is 4.88. The molecular weight excluding hydrogens is 256 g/mol. The molecule has 2 N–H and O–H groups in total. The highest BCUT2D eigenvalue weighted by molar-refractivity contribution is 7.27. The summed E-state index contributed by atoms with van der Waals surface area (Å²) in [6, 6.07) is 15.1. The summed E-state index contributed by atoms with van der Waals surface area (Å²) in [4.78, 5) is 0. The van der Waals surface area contributed by atoms with E-state index >= 15 is 0 Å². The van der Waals surface area contributed by atoms with E-state index in [1.54, 1.807) is 12.1 Å². The van der Waals surface area contributed by atoms with Gasteiger partial charge in [0.05, 0.1) is 0 Å². The van der Waals surface area contributed by atoms with Gasteiger partial charge >= 0.3 is 0 Å². The molecule has 2 unspecified atom stereocenters. The quantitative estimate of drug-likeness (QED) is 0.834. The Labute approximate surface area is 116 Å². The van der Waals surface area contributed by atoms with Crippen molar-refractivity contribution < 1.29 is 4.39 Å². The smallest absolute Gasteiger partial charge is 0.123 e. The summed E-state index contributed by atoms with van der Waals surface area (Å²) >= 11 is 0. The molecule has 2 aromatic carbocycles. The van der Waals surface area contributed by atoms with Crippen LogP contribution in [0, 0.1) is 11.7 Å². The van der Waals surface area contributed by atoms with Gasteiger partial charge < -0.3 is 5.73 Å². The summed E-state index contributed by atoms with van der Waals surface area (Å²) < 4.78 is 13.2. The van der Waals surface area contributed by atoms with Crippen LogP contribution in [0.3, 0.4) is 0 Å². The van der Waals surface area contributed by atoms with Crippen LogP contribution < -0.4 is 11.0 Å². The molecule has 0 aliphatic carbocycles. The van der Waals surface area contributed by atoms with E-state index in [2.05, 4.69) is 27.4 Å². The van der Waals surface area contributed by atoms with Crippen molar-refractivity contribution in [2.45, 2.75) is 12.8 Å². The lowest BCUT2D eigenvalue weighted by Crippen LogP contribution is -2.19. The zero-order chi connectivity index (χ0) is 13.7. The Morgan fingerprint density at radius 3 is 2.21 bits per heavy atom. The predicted molar refractivity (Wildman–Crippen MR) is 82.1 cm³/mol. The van der Waals surface area contributed by atoms with Gasteiger partial charge in [0.1, 0.15) is 5.82 Å². The first-order valence-corrected chi connectivity index (χ1v) is 7.04. The molecule has 2 atom stereocenters. The summed E-state index contributed by atoms with van der Waals surface area (Å²) in [6.07, 6.45) is 1.74. The third-order valence-corrected chi connectivity index (χ3v) is 3.58. The standard InChI is InChI=1S/C16H19FNP/c17-15-5-1-3-12(9-15)7-14(11-18)8-13-4-2-6-16(19)10-13/h1-6,9-10,14H,7-8,11,18-19H2. The van der Waals surface area contributed by atoms with E-state index in [0.717, 1.165) is 18.4 Å². The number of rotatable bonds is 5. The van der Waals surface area contributed by atoms with Gasteiger partial charge in [0.15, 0.2) is 0 Å². The first kappa shape index (κ1) is 14.2. The molecule has 0 aliphatic rings. The predicted octanol–water partition coefficient (Wildman–Crippen LogP) is 2.69. The molecule has 0 radical (unpaired) electrons. The van der Waals surface area contributed by atoms with Crippen molar-refractivity contribution in [2.24, 2.45) is 11.7 Å². The molecule has 0 spiro atoms. The van der Waals surface area contributed by atoms with Gasteiger partial charge in [0, 0.05) is 0 Å². The highest BCUT2D eigenvalue weighted by Crippen LogP contribution is 2.15. The lowest BCUT2D eigenvalue weighted by molar-refractivity contribution is 0.530. The minimum absolute atomic E-state index is 0.180. The number of nitrogens with two attached hydrogens (primary N) is 1. The van der Waals surface area contributed by atoms with E-state index in [1.165, 1.54) is 16.9 Å². The number of hydrogen-bond acceptors (Lipinski definition) is 1. The number of benzene rings is 2. The Morgan fingerprint density at radius 2 is 1.63 bits per heavy atom. The second kappa shape index (κ2) is 6.79. The SMILES string of the molecule is NCC(Cc1cccc(F)c1)Cc1cccc(P)c1. The average Bonchev–Trinajstić information content (AvgIpc) is 2.38. The van der Waals surface area contributed by atoms with E-state index < -0.39 is 0 Å². The van der Waals surface area contributed by atoms with Crippen molar-refractivity contribution in [3.63, 3.8) is 0 Å². The zero-order valence-electron chi connectivity index (χ0n) is 10.9. The molecule has 0 saturated heterocycles. The van der Waals surface area contributed by atoms with Crippen LogP contribution in [0.5, 0.6) is 0 Å². The molecule has 19 heavy (non-hydrogen) atoms. The first-order valence-electron chi connectivity index (χ1n) is 6.46. The molecule has 0 saturated carbocycles. The van der Waals surface area contributed by atoms with Crippen molar-refractivity contribution in [3.05, 3.63) is 65.5 Å². The van der Waals surface area contributed by atoms with Gasteiger partial charge in [-0.1, -0.05) is 36.4 Å². The molecule has 3 heteroatoms. The van der Waals surface area contributed by atoms with Crippen molar-refractivity contribution in [2.75, 3.05) is 6.54 Å². The van der Waals surface area contributed by atoms with E-state index in [9.17, 15) is 4.39 Å². The summed E-state index contributed by atoms with van der Waals surface area (Å²) in [5.74, 6) is 0.161. The van der Waals surface area contributed by atoms with Crippen molar-refractivity contribution in [1.29, 1.82) is 0 Å². The minimum Gasteiger partial charge on any atom is -0.330 e. The first-order chi connectivity index (χ1) is 9.17. The lowest BCUT2D eigenvalue weighted by Gasteiger charge is -2.15. The maximum absolute atomic E-state index is 13.2. The van der Waals surface area contributed by atoms with Crippen molar-refractivity contribution >= 4 is 14.5 Å². The maximum Gasteiger partial charge on any atom is 0.123 e. The van der Waals surface area contributed by atoms with Crippen molar-refractivity contribution in [1.82, 2.24) is 0 Å². The monoisotopic (exact) mass is 275 g/mol. The largest absolute Gasteiger partial charge is 0.330 e. The van der Waals surface area contributed by atoms with E-state index in [4.69, 9.17) is 5.73 Å². The average molecular weight is 275 g/mol. The van der Waals surface area contributed by atoms with Crippen molar-refractivity contribution in [3.8, 4) is 0 Å². The Morgan fingerprint density at radius 1 is 1.00 bits per heavy atom. The molecule has 0 fully saturated rings. The van der Waals surface area contributed by atoms with Gasteiger partial charge in [0.2, 0.25) is 0 Å². The molecule has 2 rings (SSSR count). The molecule has 0 aromatic heterocycles. The van der Waals surface area contributed by atoms with Gasteiger partial charge in [-0.05, 0) is 53.9 Å². The van der Waals surface area contributed by atoms with E-state index in [1.807, 2.05) is 12.1 Å². The Bertz CT molecular complexity index is 494. The second-order valence-corrected chi connectivity index (χ2v) is 5.55. The third-order valence-electron chi connectivity index (χ3n) is 3.22.